The summed E-state index contributed by atoms with van der Waals surface area (Å²) in [4.78, 5) is 12.7. The Bertz CT molecular complexity index is 610. The van der Waals surface area contributed by atoms with Gasteiger partial charge in [0.2, 0.25) is 0 Å². The zero-order valence-corrected chi connectivity index (χ0v) is 12.3. The summed E-state index contributed by atoms with van der Waals surface area (Å²) in [6.07, 6.45) is 0. The first-order valence-electron chi connectivity index (χ1n) is 6.95. The fourth-order valence-electron chi connectivity index (χ4n) is 2.32. The van der Waals surface area contributed by atoms with Crippen LogP contribution >= 0.6 is 0 Å². The first kappa shape index (κ1) is 15.2. The van der Waals surface area contributed by atoms with E-state index in [9.17, 15) is 9.18 Å². The van der Waals surface area contributed by atoms with Gasteiger partial charge in [-0.3, -0.25) is 4.79 Å². The molecule has 0 radical (unpaired) electrons. The van der Waals surface area contributed by atoms with Gasteiger partial charge in [-0.1, -0.05) is 24.3 Å². The zero-order valence-electron chi connectivity index (χ0n) is 12.3. The predicted molar refractivity (Wildman–Crippen MR) is 80.5 cm³/mol. The minimum absolute atomic E-state index is 0.0815. The molecule has 0 heterocycles. The summed E-state index contributed by atoms with van der Waals surface area (Å²) in [6, 6.07) is 14.2. The largest absolute Gasteiger partial charge is 0.355 e. The Morgan fingerprint density at radius 2 is 1.76 bits per heavy atom. The molecule has 0 aliphatic rings. The van der Waals surface area contributed by atoms with Gasteiger partial charge in [-0.2, -0.15) is 0 Å². The van der Waals surface area contributed by atoms with Crippen LogP contribution < -0.4 is 10.2 Å². The Morgan fingerprint density at radius 3 is 2.38 bits per heavy atom. The van der Waals surface area contributed by atoms with E-state index < -0.39 is 0 Å². The molecule has 0 saturated heterocycles. The molecule has 0 aliphatic carbocycles. The summed E-state index contributed by atoms with van der Waals surface area (Å²) in [7, 11) is 3.69. The molecule has 0 bridgehead atoms. The minimum Gasteiger partial charge on any atom is -0.355 e. The van der Waals surface area contributed by atoms with Crippen LogP contribution in [0.3, 0.4) is 0 Å². The predicted octanol–water partition coefficient (Wildman–Crippen LogP) is 1.40. The number of halogens is 1. The highest BCUT2D eigenvalue weighted by molar-refractivity contribution is 5.93. The van der Waals surface area contributed by atoms with Gasteiger partial charge in [-0.15, -0.1) is 0 Å². The van der Waals surface area contributed by atoms with Crippen molar-refractivity contribution in [1.29, 1.82) is 0 Å². The molecule has 2 rings (SSSR count). The molecular weight excluding hydrogens is 267 g/mol. The molecule has 0 aliphatic heterocycles. The van der Waals surface area contributed by atoms with E-state index in [1.54, 1.807) is 19.2 Å². The van der Waals surface area contributed by atoms with Crippen molar-refractivity contribution in [2.24, 2.45) is 0 Å². The molecule has 1 amide bonds. The third-order valence-corrected chi connectivity index (χ3v) is 3.34. The second kappa shape index (κ2) is 6.99. The molecule has 2 aromatic rings. The molecule has 4 heteroatoms. The van der Waals surface area contributed by atoms with Crippen molar-refractivity contribution in [3.63, 3.8) is 0 Å². The van der Waals surface area contributed by atoms with Crippen molar-refractivity contribution in [2.45, 2.75) is 13.1 Å². The second-order valence-corrected chi connectivity index (χ2v) is 5.22. The Morgan fingerprint density at radius 1 is 1.10 bits per heavy atom. The summed E-state index contributed by atoms with van der Waals surface area (Å²) < 4.78 is 13.2. The number of benzene rings is 2. The van der Waals surface area contributed by atoms with E-state index in [1.165, 1.54) is 11.0 Å². The highest BCUT2D eigenvalue weighted by Gasteiger charge is 2.07. The molecule has 0 saturated carbocycles. The van der Waals surface area contributed by atoms with Crippen LogP contribution in [-0.4, -0.2) is 20.0 Å². The molecule has 0 spiro atoms. The van der Waals surface area contributed by atoms with E-state index in [4.69, 9.17) is 0 Å². The lowest BCUT2D eigenvalue weighted by Gasteiger charge is -2.14. The van der Waals surface area contributed by atoms with Crippen LogP contribution in [-0.2, 0) is 13.1 Å². The van der Waals surface area contributed by atoms with Crippen LogP contribution in [0.2, 0.25) is 0 Å². The molecule has 1 atom stereocenters. The molecule has 0 fully saturated rings. The Hall–Kier alpha value is -2.20. The van der Waals surface area contributed by atoms with Crippen LogP contribution in [0.15, 0.2) is 48.5 Å². The van der Waals surface area contributed by atoms with Gasteiger partial charge < -0.3 is 10.2 Å². The minimum atomic E-state index is -0.199. The fraction of sp³-hybridized carbons (Fsp3) is 0.235. The third kappa shape index (κ3) is 4.39. The normalized spacial score (nSPS) is 12.0. The fourth-order valence-corrected chi connectivity index (χ4v) is 2.32. The van der Waals surface area contributed by atoms with E-state index >= 15 is 0 Å². The number of nitrogens with one attached hydrogen (secondary N) is 2. The maximum Gasteiger partial charge on any atom is 0.251 e. The molecule has 3 nitrogen and oxygen atoms in total. The van der Waals surface area contributed by atoms with Gasteiger partial charge in [0.05, 0.1) is 7.05 Å². The highest BCUT2D eigenvalue weighted by Crippen LogP contribution is 2.04. The summed E-state index contributed by atoms with van der Waals surface area (Å²) in [6.45, 7) is 1.58. The van der Waals surface area contributed by atoms with Crippen LogP contribution in [0.5, 0.6) is 0 Å². The smallest absolute Gasteiger partial charge is 0.251 e. The number of carbonyl (C=O) groups excluding carboxylic acids is 1. The van der Waals surface area contributed by atoms with Crippen molar-refractivity contribution in [1.82, 2.24) is 5.32 Å². The van der Waals surface area contributed by atoms with Gasteiger partial charge >= 0.3 is 0 Å². The molecular formula is C17H20FN2O+. The maximum absolute atomic E-state index is 13.2. The van der Waals surface area contributed by atoms with Gasteiger partial charge in [-0.25, -0.2) is 4.39 Å². The lowest BCUT2D eigenvalue weighted by molar-refractivity contribution is -0.907. The standard InChI is InChI=1S/C17H19FN2O/c1-19-17(21)15-8-6-13(7-9-15)11-20(2)12-14-4-3-5-16(18)10-14/h3-10H,11-12H2,1-2H3,(H,19,21)/p+1. The van der Waals surface area contributed by atoms with Gasteiger partial charge in [0.15, 0.2) is 0 Å². The Labute approximate surface area is 124 Å². The Kier molecular flexibility index (Phi) is 5.06. The van der Waals surface area contributed by atoms with Gasteiger partial charge in [0, 0.05) is 23.7 Å². The summed E-state index contributed by atoms with van der Waals surface area (Å²) in [5.74, 6) is -0.280. The molecule has 110 valence electrons. The van der Waals surface area contributed by atoms with Crippen molar-refractivity contribution in [3.8, 4) is 0 Å². The van der Waals surface area contributed by atoms with E-state index in [0.29, 0.717) is 5.56 Å². The number of hydrogen-bond acceptors (Lipinski definition) is 1. The maximum atomic E-state index is 13.2. The van der Waals surface area contributed by atoms with Crippen LogP contribution in [0, 0.1) is 5.82 Å². The molecule has 21 heavy (non-hydrogen) atoms. The molecule has 0 aromatic heterocycles. The highest BCUT2D eigenvalue weighted by atomic mass is 19.1. The number of amides is 1. The first-order valence-corrected chi connectivity index (χ1v) is 6.95. The quantitative estimate of drug-likeness (QED) is 0.856. The lowest BCUT2D eigenvalue weighted by atomic mass is 10.1. The number of rotatable bonds is 5. The van der Waals surface area contributed by atoms with E-state index in [-0.39, 0.29) is 11.7 Å². The SMILES string of the molecule is CNC(=O)c1ccc(C[NH+](C)Cc2cccc(F)c2)cc1. The third-order valence-electron chi connectivity index (χ3n) is 3.34. The monoisotopic (exact) mass is 287 g/mol. The second-order valence-electron chi connectivity index (χ2n) is 5.22. The Balaban J connectivity index is 1.96. The molecule has 2 aromatic carbocycles. The van der Waals surface area contributed by atoms with Gasteiger partial charge in [-0.05, 0) is 24.3 Å². The topological polar surface area (TPSA) is 33.5 Å². The summed E-state index contributed by atoms with van der Waals surface area (Å²) >= 11 is 0. The van der Waals surface area contributed by atoms with E-state index in [2.05, 4.69) is 12.4 Å². The van der Waals surface area contributed by atoms with Crippen molar-refractivity contribution >= 4 is 5.91 Å². The first-order chi connectivity index (χ1) is 10.1. The van der Waals surface area contributed by atoms with Crippen LogP contribution in [0.25, 0.3) is 0 Å². The zero-order chi connectivity index (χ0) is 15.2. The molecule has 2 N–H and O–H groups in total. The lowest BCUT2D eigenvalue weighted by Crippen LogP contribution is -3.06. The van der Waals surface area contributed by atoms with Crippen molar-refractivity contribution < 1.29 is 14.1 Å². The van der Waals surface area contributed by atoms with Crippen molar-refractivity contribution in [3.05, 3.63) is 71.0 Å². The van der Waals surface area contributed by atoms with Gasteiger partial charge in [0.1, 0.15) is 18.9 Å². The molecule has 1 unspecified atom stereocenters. The summed E-state index contributed by atoms with van der Waals surface area (Å²) in [5.41, 5.74) is 2.79. The van der Waals surface area contributed by atoms with Crippen LogP contribution in [0.1, 0.15) is 21.5 Å². The average Bonchev–Trinajstić information content (AvgIpc) is 2.47. The summed E-state index contributed by atoms with van der Waals surface area (Å²) in [5, 5.41) is 2.60. The van der Waals surface area contributed by atoms with E-state index in [1.807, 2.05) is 30.3 Å². The van der Waals surface area contributed by atoms with Crippen LogP contribution in [0.4, 0.5) is 4.39 Å². The van der Waals surface area contributed by atoms with Crippen molar-refractivity contribution in [2.75, 3.05) is 14.1 Å². The number of carbonyl (C=O) groups is 1. The number of quaternary nitrogens is 1. The average molecular weight is 287 g/mol. The van der Waals surface area contributed by atoms with Gasteiger partial charge in [0.25, 0.3) is 5.91 Å². The van der Waals surface area contributed by atoms with E-state index in [0.717, 1.165) is 24.2 Å². The number of hydrogen-bond donors (Lipinski definition) is 2.